The van der Waals surface area contributed by atoms with Gasteiger partial charge in [0.2, 0.25) is 5.88 Å². The van der Waals surface area contributed by atoms with Crippen molar-refractivity contribution in [1.29, 1.82) is 0 Å². The molecule has 1 aromatic carbocycles. The molecule has 0 amide bonds. The van der Waals surface area contributed by atoms with Crippen LogP contribution in [0.2, 0.25) is 0 Å². The largest absolute Gasteiger partial charge is 0.439 e. The van der Waals surface area contributed by atoms with Crippen LogP contribution in [0.25, 0.3) is 0 Å². The van der Waals surface area contributed by atoms with Gasteiger partial charge in [0.15, 0.2) is 0 Å². The highest BCUT2D eigenvalue weighted by Crippen LogP contribution is 2.21. The first kappa shape index (κ1) is 10.6. The van der Waals surface area contributed by atoms with Gasteiger partial charge in [0.05, 0.1) is 0 Å². The summed E-state index contributed by atoms with van der Waals surface area (Å²) in [6.45, 7) is 2.39. The average molecular weight is 215 g/mol. The third-order valence-electron chi connectivity index (χ3n) is 2.20. The first-order chi connectivity index (χ1) is 7.79. The maximum absolute atomic E-state index is 5.62. The highest BCUT2D eigenvalue weighted by molar-refractivity contribution is 5.32. The molecule has 2 aromatic rings. The van der Waals surface area contributed by atoms with Crippen molar-refractivity contribution >= 4 is 0 Å². The Morgan fingerprint density at radius 3 is 2.69 bits per heavy atom. The highest BCUT2D eigenvalue weighted by Gasteiger charge is 2.04. The fourth-order valence-electron chi connectivity index (χ4n) is 1.30. The average Bonchev–Trinajstić information content (AvgIpc) is 2.33. The second-order valence-corrected chi connectivity index (χ2v) is 3.47. The molecule has 0 atom stereocenters. The normalized spacial score (nSPS) is 10.1. The Hall–Kier alpha value is -1.94. The van der Waals surface area contributed by atoms with Crippen molar-refractivity contribution < 1.29 is 4.74 Å². The molecule has 0 fully saturated rings. The number of nitrogens with zero attached hydrogens (tertiary/aromatic N) is 2. The van der Waals surface area contributed by atoms with Crippen LogP contribution in [-0.2, 0) is 6.54 Å². The molecule has 0 radical (unpaired) electrons. The van der Waals surface area contributed by atoms with Crippen molar-refractivity contribution in [2.45, 2.75) is 13.5 Å². The Balaban J connectivity index is 2.23. The molecule has 0 saturated heterocycles. The number of hydrogen-bond donors (Lipinski definition) is 1. The Bertz CT molecular complexity index is 468. The van der Waals surface area contributed by atoms with E-state index >= 15 is 0 Å². The number of ether oxygens (including phenoxy) is 1. The van der Waals surface area contributed by atoms with Crippen LogP contribution in [0.5, 0.6) is 11.6 Å². The van der Waals surface area contributed by atoms with Crippen molar-refractivity contribution in [3.05, 3.63) is 47.9 Å². The summed E-state index contributed by atoms with van der Waals surface area (Å²) in [6.07, 6.45) is 3.11. The predicted molar refractivity (Wildman–Crippen MR) is 61.2 cm³/mol. The van der Waals surface area contributed by atoms with Gasteiger partial charge < -0.3 is 10.5 Å². The summed E-state index contributed by atoms with van der Waals surface area (Å²) in [7, 11) is 0. The Labute approximate surface area is 94.1 Å². The lowest BCUT2D eigenvalue weighted by Gasteiger charge is -2.07. The molecule has 0 bridgehead atoms. The van der Waals surface area contributed by atoms with Gasteiger partial charge in [-0.2, -0.15) is 0 Å². The Kier molecular flexibility index (Phi) is 3.12. The molecule has 2 N–H and O–H groups in total. The zero-order valence-electron chi connectivity index (χ0n) is 9.05. The first-order valence-corrected chi connectivity index (χ1v) is 5.03. The molecule has 16 heavy (non-hydrogen) atoms. The molecule has 0 aliphatic rings. The monoisotopic (exact) mass is 215 g/mol. The molecule has 0 unspecified atom stereocenters. The standard InChI is InChI=1S/C12H13N3O/c1-9-2-4-11(5-3-9)16-12-10(6-13)7-14-8-15-12/h2-5,7-8H,6,13H2,1H3. The van der Waals surface area contributed by atoms with E-state index < -0.39 is 0 Å². The minimum Gasteiger partial charge on any atom is -0.439 e. The van der Waals surface area contributed by atoms with E-state index in [2.05, 4.69) is 9.97 Å². The van der Waals surface area contributed by atoms with Gasteiger partial charge in [-0.05, 0) is 19.1 Å². The number of benzene rings is 1. The van der Waals surface area contributed by atoms with Crippen molar-refractivity contribution in [3.8, 4) is 11.6 Å². The summed E-state index contributed by atoms with van der Waals surface area (Å²) in [6, 6.07) is 7.77. The van der Waals surface area contributed by atoms with Gasteiger partial charge in [0.1, 0.15) is 12.1 Å². The lowest BCUT2D eigenvalue weighted by molar-refractivity contribution is 0.454. The van der Waals surface area contributed by atoms with Gasteiger partial charge >= 0.3 is 0 Å². The molecular formula is C12H13N3O. The lowest BCUT2D eigenvalue weighted by atomic mass is 10.2. The van der Waals surface area contributed by atoms with Crippen LogP contribution in [0.4, 0.5) is 0 Å². The second-order valence-electron chi connectivity index (χ2n) is 3.47. The summed E-state index contributed by atoms with van der Waals surface area (Å²) < 4.78 is 5.62. The number of hydrogen-bond acceptors (Lipinski definition) is 4. The maximum atomic E-state index is 5.62. The van der Waals surface area contributed by atoms with Gasteiger partial charge in [-0.25, -0.2) is 9.97 Å². The van der Waals surface area contributed by atoms with E-state index in [4.69, 9.17) is 10.5 Å². The van der Waals surface area contributed by atoms with Gasteiger partial charge in [-0.1, -0.05) is 17.7 Å². The van der Waals surface area contributed by atoms with Gasteiger partial charge in [0, 0.05) is 18.3 Å². The van der Waals surface area contributed by atoms with Crippen molar-refractivity contribution in [3.63, 3.8) is 0 Å². The Morgan fingerprint density at radius 2 is 2.00 bits per heavy atom. The van der Waals surface area contributed by atoms with Crippen LogP contribution in [-0.4, -0.2) is 9.97 Å². The van der Waals surface area contributed by atoms with E-state index in [0.29, 0.717) is 12.4 Å². The number of nitrogens with two attached hydrogens (primary N) is 1. The van der Waals surface area contributed by atoms with E-state index in [0.717, 1.165) is 11.3 Å². The summed E-state index contributed by atoms with van der Waals surface area (Å²) in [5, 5.41) is 0. The molecular weight excluding hydrogens is 202 g/mol. The molecule has 0 aliphatic carbocycles. The minimum atomic E-state index is 0.363. The van der Waals surface area contributed by atoms with Gasteiger partial charge in [-0.15, -0.1) is 0 Å². The molecule has 2 rings (SSSR count). The number of rotatable bonds is 3. The van der Waals surface area contributed by atoms with Crippen molar-refractivity contribution in [1.82, 2.24) is 9.97 Å². The molecule has 1 heterocycles. The van der Waals surface area contributed by atoms with E-state index in [9.17, 15) is 0 Å². The quantitative estimate of drug-likeness (QED) is 0.851. The number of aryl methyl sites for hydroxylation is 1. The van der Waals surface area contributed by atoms with Gasteiger partial charge in [-0.3, -0.25) is 0 Å². The van der Waals surface area contributed by atoms with Crippen molar-refractivity contribution in [2.75, 3.05) is 0 Å². The van der Waals surface area contributed by atoms with Gasteiger partial charge in [0.25, 0.3) is 0 Å². The third kappa shape index (κ3) is 2.35. The van der Waals surface area contributed by atoms with E-state index in [-0.39, 0.29) is 0 Å². The molecule has 82 valence electrons. The SMILES string of the molecule is Cc1ccc(Oc2ncncc2CN)cc1. The first-order valence-electron chi connectivity index (χ1n) is 5.03. The second kappa shape index (κ2) is 4.72. The number of aromatic nitrogens is 2. The minimum absolute atomic E-state index is 0.363. The van der Waals surface area contributed by atoms with E-state index in [1.54, 1.807) is 6.20 Å². The molecule has 0 spiro atoms. The van der Waals surface area contributed by atoms with Crippen LogP contribution >= 0.6 is 0 Å². The fourth-order valence-corrected chi connectivity index (χ4v) is 1.30. The molecule has 1 aromatic heterocycles. The summed E-state index contributed by atoms with van der Waals surface area (Å²) in [5.41, 5.74) is 7.55. The predicted octanol–water partition coefficient (Wildman–Crippen LogP) is 2.04. The molecule has 0 aliphatic heterocycles. The van der Waals surface area contributed by atoms with Crippen molar-refractivity contribution in [2.24, 2.45) is 5.73 Å². The third-order valence-corrected chi connectivity index (χ3v) is 2.20. The molecule has 4 heteroatoms. The lowest BCUT2D eigenvalue weighted by Crippen LogP contribution is -2.01. The Morgan fingerprint density at radius 1 is 1.25 bits per heavy atom. The maximum Gasteiger partial charge on any atom is 0.226 e. The summed E-state index contributed by atoms with van der Waals surface area (Å²) in [5.74, 6) is 1.26. The molecule has 4 nitrogen and oxygen atoms in total. The zero-order valence-corrected chi connectivity index (χ0v) is 9.05. The smallest absolute Gasteiger partial charge is 0.226 e. The zero-order chi connectivity index (χ0) is 11.4. The van der Waals surface area contributed by atoms with Crippen LogP contribution in [0.15, 0.2) is 36.8 Å². The fraction of sp³-hybridized carbons (Fsp3) is 0.167. The van der Waals surface area contributed by atoms with Crippen LogP contribution < -0.4 is 10.5 Å². The topological polar surface area (TPSA) is 61.0 Å². The molecule has 0 saturated carbocycles. The van der Waals surface area contributed by atoms with Crippen LogP contribution in [0.3, 0.4) is 0 Å². The van der Waals surface area contributed by atoms with E-state index in [1.807, 2.05) is 31.2 Å². The van der Waals surface area contributed by atoms with Crippen LogP contribution in [0.1, 0.15) is 11.1 Å². The highest BCUT2D eigenvalue weighted by atomic mass is 16.5. The van der Waals surface area contributed by atoms with Crippen LogP contribution in [0, 0.1) is 6.92 Å². The van der Waals surface area contributed by atoms with E-state index in [1.165, 1.54) is 11.9 Å². The summed E-state index contributed by atoms with van der Waals surface area (Å²) in [4.78, 5) is 7.95. The summed E-state index contributed by atoms with van der Waals surface area (Å²) >= 11 is 0.